The summed E-state index contributed by atoms with van der Waals surface area (Å²) in [4.78, 5) is 13.2. The van der Waals surface area contributed by atoms with Crippen LogP contribution in [-0.4, -0.2) is 24.2 Å². The van der Waals surface area contributed by atoms with Crippen LogP contribution in [0.2, 0.25) is 0 Å². The second-order valence-corrected chi connectivity index (χ2v) is 6.98. The molecule has 0 aliphatic heterocycles. The SMILES string of the molecule is CC(C)CC(CN)NC(=O)CSc1ccc2ccccc2c1. The van der Waals surface area contributed by atoms with Gasteiger partial charge >= 0.3 is 0 Å². The van der Waals surface area contributed by atoms with Gasteiger partial charge in [0.2, 0.25) is 5.91 Å². The van der Waals surface area contributed by atoms with Gasteiger partial charge in [-0.2, -0.15) is 0 Å². The molecular weight excluding hydrogens is 292 g/mol. The average Bonchev–Trinajstić information content (AvgIpc) is 2.51. The van der Waals surface area contributed by atoms with Gasteiger partial charge in [-0.15, -0.1) is 11.8 Å². The Kier molecular flexibility index (Phi) is 6.28. The van der Waals surface area contributed by atoms with E-state index in [2.05, 4.69) is 49.5 Å². The zero-order valence-electron chi connectivity index (χ0n) is 13.2. The molecule has 22 heavy (non-hydrogen) atoms. The molecule has 3 nitrogen and oxygen atoms in total. The normalized spacial score (nSPS) is 12.5. The molecule has 0 heterocycles. The molecule has 2 aromatic carbocycles. The van der Waals surface area contributed by atoms with Crippen LogP contribution in [-0.2, 0) is 4.79 Å². The number of amides is 1. The van der Waals surface area contributed by atoms with Crippen LogP contribution in [0.15, 0.2) is 47.4 Å². The summed E-state index contributed by atoms with van der Waals surface area (Å²) >= 11 is 1.56. The second-order valence-electron chi connectivity index (χ2n) is 5.93. The quantitative estimate of drug-likeness (QED) is 0.770. The summed E-state index contributed by atoms with van der Waals surface area (Å²) < 4.78 is 0. The zero-order chi connectivity index (χ0) is 15.9. The van der Waals surface area contributed by atoms with Gasteiger partial charge in [0.05, 0.1) is 5.75 Å². The van der Waals surface area contributed by atoms with Crippen molar-refractivity contribution in [2.75, 3.05) is 12.3 Å². The van der Waals surface area contributed by atoms with Crippen molar-refractivity contribution in [2.45, 2.75) is 31.2 Å². The van der Waals surface area contributed by atoms with Crippen LogP contribution in [0, 0.1) is 5.92 Å². The Morgan fingerprint density at radius 1 is 1.18 bits per heavy atom. The standard InChI is InChI=1S/C18H24N2OS/c1-13(2)9-16(11-19)20-18(21)12-22-17-8-7-14-5-3-4-6-15(14)10-17/h3-8,10,13,16H,9,11-12,19H2,1-2H3,(H,20,21). The van der Waals surface area contributed by atoms with Crippen LogP contribution in [0.25, 0.3) is 10.8 Å². The van der Waals surface area contributed by atoms with Gasteiger partial charge in [-0.3, -0.25) is 4.79 Å². The molecule has 0 fully saturated rings. The van der Waals surface area contributed by atoms with Crippen LogP contribution >= 0.6 is 11.8 Å². The summed E-state index contributed by atoms with van der Waals surface area (Å²) in [5, 5.41) is 5.44. The lowest BCUT2D eigenvalue weighted by Crippen LogP contribution is -2.41. The summed E-state index contributed by atoms with van der Waals surface area (Å²) in [7, 11) is 0. The highest BCUT2D eigenvalue weighted by atomic mass is 32.2. The predicted octanol–water partition coefficient (Wildman–Crippen LogP) is 3.42. The van der Waals surface area contributed by atoms with Crippen molar-refractivity contribution in [2.24, 2.45) is 11.7 Å². The predicted molar refractivity (Wildman–Crippen MR) is 95.1 cm³/mol. The van der Waals surface area contributed by atoms with Gasteiger partial charge in [-0.1, -0.05) is 44.2 Å². The van der Waals surface area contributed by atoms with E-state index in [1.54, 1.807) is 11.8 Å². The molecule has 1 atom stereocenters. The summed E-state index contributed by atoms with van der Waals surface area (Å²) in [6.45, 7) is 4.77. The molecule has 0 bridgehead atoms. The average molecular weight is 316 g/mol. The maximum Gasteiger partial charge on any atom is 0.230 e. The van der Waals surface area contributed by atoms with Gasteiger partial charge in [0, 0.05) is 17.5 Å². The first kappa shape index (κ1) is 16.8. The van der Waals surface area contributed by atoms with Gasteiger partial charge in [-0.25, -0.2) is 0 Å². The summed E-state index contributed by atoms with van der Waals surface area (Å²) in [6, 6.07) is 14.6. The van der Waals surface area contributed by atoms with E-state index in [9.17, 15) is 4.79 Å². The van der Waals surface area contributed by atoms with E-state index < -0.39 is 0 Å². The van der Waals surface area contributed by atoms with Crippen molar-refractivity contribution in [3.8, 4) is 0 Å². The highest BCUT2D eigenvalue weighted by molar-refractivity contribution is 8.00. The van der Waals surface area contributed by atoms with E-state index >= 15 is 0 Å². The van der Waals surface area contributed by atoms with Crippen LogP contribution in [0.3, 0.4) is 0 Å². The van der Waals surface area contributed by atoms with E-state index in [4.69, 9.17) is 5.73 Å². The minimum Gasteiger partial charge on any atom is -0.351 e. The van der Waals surface area contributed by atoms with Crippen molar-refractivity contribution < 1.29 is 4.79 Å². The Bertz CT molecular complexity index is 627. The van der Waals surface area contributed by atoms with Crippen molar-refractivity contribution in [3.05, 3.63) is 42.5 Å². The highest BCUT2D eigenvalue weighted by Gasteiger charge is 2.12. The van der Waals surface area contributed by atoms with Crippen molar-refractivity contribution >= 4 is 28.4 Å². The van der Waals surface area contributed by atoms with E-state index in [0.717, 1.165) is 11.3 Å². The lowest BCUT2D eigenvalue weighted by molar-refractivity contribution is -0.119. The van der Waals surface area contributed by atoms with E-state index in [-0.39, 0.29) is 11.9 Å². The van der Waals surface area contributed by atoms with E-state index in [0.29, 0.717) is 18.2 Å². The minimum atomic E-state index is 0.0502. The van der Waals surface area contributed by atoms with Crippen LogP contribution in [0.5, 0.6) is 0 Å². The fourth-order valence-corrected chi connectivity index (χ4v) is 3.21. The number of rotatable bonds is 7. The number of hydrogen-bond donors (Lipinski definition) is 2. The summed E-state index contributed by atoms with van der Waals surface area (Å²) in [5.41, 5.74) is 5.72. The molecule has 2 rings (SSSR count). The second kappa shape index (κ2) is 8.20. The third-order valence-corrected chi connectivity index (χ3v) is 4.49. The molecule has 0 spiro atoms. The number of hydrogen-bond acceptors (Lipinski definition) is 3. The molecule has 1 unspecified atom stereocenters. The molecule has 118 valence electrons. The highest BCUT2D eigenvalue weighted by Crippen LogP contribution is 2.23. The molecule has 4 heteroatoms. The third kappa shape index (κ3) is 5.04. The monoisotopic (exact) mass is 316 g/mol. The topological polar surface area (TPSA) is 55.1 Å². The number of fused-ring (bicyclic) bond motifs is 1. The number of carbonyl (C=O) groups excluding carboxylic acids is 1. The fourth-order valence-electron chi connectivity index (χ4n) is 2.46. The Morgan fingerprint density at radius 3 is 2.59 bits per heavy atom. The molecule has 0 saturated carbocycles. The number of carbonyl (C=O) groups is 1. The number of nitrogens with one attached hydrogen (secondary N) is 1. The number of benzene rings is 2. The van der Waals surface area contributed by atoms with Crippen molar-refractivity contribution in [1.29, 1.82) is 0 Å². The third-order valence-electron chi connectivity index (χ3n) is 3.50. The van der Waals surface area contributed by atoms with Crippen molar-refractivity contribution in [3.63, 3.8) is 0 Å². The molecule has 0 aromatic heterocycles. The van der Waals surface area contributed by atoms with Crippen LogP contribution < -0.4 is 11.1 Å². The first-order valence-electron chi connectivity index (χ1n) is 7.69. The van der Waals surface area contributed by atoms with Gasteiger partial charge in [0.25, 0.3) is 0 Å². The Hall–Kier alpha value is -1.52. The lowest BCUT2D eigenvalue weighted by Gasteiger charge is -2.18. The summed E-state index contributed by atoms with van der Waals surface area (Å²) in [6.07, 6.45) is 0.920. The van der Waals surface area contributed by atoms with E-state index in [1.165, 1.54) is 10.8 Å². The molecule has 0 aliphatic carbocycles. The first-order valence-corrected chi connectivity index (χ1v) is 8.68. The van der Waals surface area contributed by atoms with Gasteiger partial charge < -0.3 is 11.1 Å². The van der Waals surface area contributed by atoms with Crippen molar-refractivity contribution in [1.82, 2.24) is 5.32 Å². The van der Waals surface area contributed by atoms with Gasteiger partial charge in [-0.05, 0) is 35.2 Å². The largest absolute Gasteiger partial charge is 0.351 e. The first-order chi connectivity index (χ1) is 10.6. The minimum absolute atomic E-state index is 0.0502. The van der Waals surface area contributed by atoms with Gasteiger partial charge in [0.1, 0.15) is 0 Å². The maximum absolute atomic E-state index is 12.0. The summed E-state index contributed by atoms with van der Waals surface area (Å²) in [5.74, 6) is 1.00. The van der Waals surface area contributed by atoms with Gasteiger partial charge in [0.15, 0.2) is 0 Å². The van der Waals surface area contributed by atoms with Crippen LogP contribution in [0.1, 0.15) is 20.3 Å². The Morgan fingerprint density at radius 2 is 1.91 bits per heavy atom. The van der Waals surface area contributed by atoms with Crippen LogP contribution in [0.4, 0.5) is 0 Å². The smallest absolute Gasteiger partial charge is 0.230 e. The molecule has 0 saturated heterocycles. The van der Waals surface area contributed by atoms with E-state index in [1.807, 2.05) is 12.1 Å². The molecular formula is C18H24N2OS. The maximum atomic E-state index is 12.0. The lowest BCUT2D eigenvalue weighted by atomic mass is 10.0. The Balaban J connectivity index is 1.89. The fraction of sp³-hybridized carbons (Fsp3) is 0.389. The number of nitrogens with two attached hydrogens (primary N) is 1. The molecule has 0 aliphatic rings. The Labute approximate surface area is 136 Å². The molecule has 0 radical (unpaired) electrons. The number of thioether (sulfide) groups is 1. The molecule has 2 aromatic rings. The zero-order valence-corrected chi connectivity index (χ0v) is 14.0. The molecule has 3 N–H and O–H groups in total. The molecule has 1 amide bonds.